The van der Waals surface area contributed by atoms with Gasteiger partial charge in [-0.05, 0) is 48.9 Å². The van der Waals surface area contributed by atoms with Crippen molar-refractivity contribution in [1.29, 1.82) is 0 Å². The van der Waals surface area contributed by atoms with Gasteiger partial charge in [-0.15, -0.1) is 0 Å². The van der Waals surface area contributed by atoms with Crippen LogP contribution in [0.2, 0.25) is 5.02 Å². The molecule has 1 amide bonds. The maximum Gasteiger partial charge on any atom is 0.240 e. The molecule has 0 unspecified atom stereocenters. The minimum absolute atomic E-state index is 0.0444. The Balaban J connectivity index is 1.87. The van der Waals surface area contributed by atoms with Crippen LogP contribution in [0.3, 0.4) is 0 Å². The summed E-state index contributed by atoms with van der Waals surface area (Å²) in [6.45, 7) is 4.62. The van der Waals surface area contributed by atoms with E-state index in [0.717, 1.165) is 11.1 Å². The zero-order chi connectivity index (χ0) is 20.1. The molecule has 7 heteroatoms. The van der Waals surface area contributed by atoms with Crippen LogP contribution in [0, 0.1) is 0 Å². The van der Waals surface area contributed by atoms with Crippen molar-refractivity contribution in [3.05, 3.63) is 64.7 Å². The minimum atomic E-state index is -3.44. The average Bonchev–Trinajstić information content (AvgIpc) is 2.65. The van der Waals surface area contributed by atoms with Crippen LogP contribution >= 0.6 is 11.6 Å². The first-order valence-corrected chi connectivity index (χ1v) is 10.6. The Morgan fingerprint density at radius 2 is 1.78 bits per heavy atom. The van der Waals surface area contributed by atoms with E-state index in [1.165, 1.54) is 7.05 Å². The second-order valence-corrected chi connectivity index (χ2v) is 9.35. The lowest BCUT2D eigenvalue weighted by Gasteiger charge is -2.26. The predicted octanol–water partition coefficient (Wildman–Crippen LogP) is 3.27. The van der Waals surface area contributed by atoms with E-state index in [1.54, 1.807) is 24.3 Å². The highest BCUT2D eigenvalue weighted by atomic mass is 35.5. The molecule has 2 N–H and O–H groups in total. The van der Waals surface area contributed by atoms with Gasteiger partial charge in [0, 0.05) is 23.4 Å². The molecule has 0 atom stereocenters. The topological polar surface area (TPSA) is 75.3 Å². The molecule has 0 aliphatic rings. The van der Waals surface area contributed by atoms with E-state index in [4.69, 9.17) is 11.6 Å². The lowest BCUT2D eigenvalue weighted by molar-refractivity contribution is -0.121. The van der Waals surface area contributed by atoms with E-state index in [1.807, 2.05) is 24.3 Å². The number of benzene rings is 2. The third-order valence-corrected chi connectivity index (χ3v) is 6.14. The van der Waals surface area contributed by atoms with Crippen LogP contribution in [0.5, 0.6) is 0 Å². The second-order valence-electron chi connectivity index (χ2n) is 7.02. The van der Waals surface area contributed by atoms with Crippen LogP contribution in [0.15, 0.2) is 53.4 Å². The van der Waals surface area contributed by atoms with Crippen molar-refractivity contribution in [3.63, 3.8) is 0 Å². The van der Waals surface area contributed by atoms with Gasteiger partial charge >= 0.3 is 0 Å². The minimum Gasteiger partial charge on any atom is -0.355 e. The summed E-state index contributed by atoms with van der Waals surface area (Å²) in [4.78, 5) is 12.4. The fourth-order valence-electron chi connectivity index (χ4n) is 2.63. The Hall–Kier alpha value is -1.89. The smallest absolute Gasteiger partial charge is 0.240 e. The van der Waals surface area contributed by atoms with Gasteiger partial charge in [-0.1, -0.05) is 49.7 Å². The van der Waals surface area contributed by atoms with Crippen molar-refractivity contribution in [2.24, 2.45) is 0 Å². The standard InChI is InChI=1S/C20H25ClN2O3S/c1-20(2,16-5-4-6-17(21)13-16)14-23-19(24)12-9-15-7-10-18(11-8-15)27(25,26)22-3/h4-8,10-11,13,22H,9,12,14H2,1-3H3,(H,23,24). The van der Waals surface area contributed by atoms with E-state index >= 15 is 0 Å². The quantitative estimate of drug-likeness (QED) is 0.703. The Kier molecular flexibility index (Phi) is 7.03. The van der Waals surface area contributed by atoms with E-state index < -0.39 is 10.0 Å². The van der Waals surface area contributed by atoms with Crippen LogP contribution in [0.4, 0.5) is 0 Å². The Morgan fingerprint density at radius 1 is 1.11 bits per heavy atom. The third kappa shape index (κ3) is 6.06. The summed E-state index contributed by atoms with van der Waals surface area (Å²) in [6.07, 6.45) is 0.882. The van der Waals surface area contributed by atoms with Gasteiger partial charge in [0.25, 0.3) is 0 Å². The van der Waals surface area contributed by atoms with E-state index in [9.17, 15) is 13.2 Å². The van der Waals surface area contributed by atoms with Gasteiger partial charge in [-0.25, -0.2) is 13.1 Å². The highest BCUT2D eigenvalue weighted by molar-refractivity contribution is 7.89. The van der Waals surface area contributed by atoms with Gasteiger partial charge in [0.2, 0.25) is 15.9 Å². The molecule has 0 heterocycles. The number of carbonyl (C=O) groups is 1. The number of halogens is 1. The molecular weight excluding hydrogens is 384 g/mol. The Bertz CT molecular complexity index is 894. The van der Waals surface area contributed by atoms with Crippen LogP contribution in [-0.2, 0) is 26.7 Å². The molecule has 0 radical (unpaired) electrons. The molecule has 146 valence electrons. The fraction of sp³-hybridized carbons (Fsp3) is 0.350. The second kappa shape index (κ2) is 8.87. The molecule has 0 aliphatic carbocycles. The lowest BCUT2D eigenvalue weighted by Crippen LogP contribution is -2.36. The summed E-state index contributed by atoms with van der Waals surface area (Å²) in [5, 5.41) is 3.64. The van der Waals surface area contributed by atoms with Crippen molar-refractivity contribution in [1.82, 2.24) is 10.0 Å². The summed E-state index contributed by atoms with van der Waals surface area (Å²) in [5.74, 6) is -0.0444. The molecule has 2 aromatic carbocycles. The van der Waals surface area contributed by atoms with Gasteiger partial charge in [0.15, 0.2) is 0 Å². The van der Waals surface area contributed by atoms with Crippen molar-refractivity contribution >= 4 is 27.5 Å². The SMILES string of the molecule is CNS(=O)(=O)c1ccc(CCC(=O)NCC(C)(C)c2cccc(Cl)c2)cc1. The first kappa shape index (κ1) is 21.4. The summed E-state index contributed by atoms with van der Waals surface area (Å²) in [5.41, 5.74) is 1.75. The lowest BCUT2D eigenvalue weighted by atomic mass is 9.84. The zero-order valence-electron chi connectivity index (χ0n) is 15.8. The molecule has 0 bridgehead atoms. The van der Waals surface area contributed by atoms with Crippen molar-refractivity contribution < 1.29 is 13.2 Å². The number of rotatable bonds is 8. The first-order chi connectivity index (χ1) is 12.6. The molecule has 0 saturated heterocycles. The molecular formula is C20H25ClN2O3S. The maximum atomic E-state index is 12.2. The molecule has 0 fully saturated rings. The molecule has 2 rings (SSSR count). The Labute approximate surface area is 166 Å². The van der Waals surface area contributed by atoms with Crippen molar-refractivity contribution in [2.45, 2.75) is 37.0 Å². The largest absolute Gasteiger partial charge is 0.355 e. The number of hydrogen-bond acceptors (Lipinski definition) is 3. The van der Waals surface area contributed by atoms with Gasteiger partial charge in [-0.3, -0.25) is 4.79 Å². The zero-order valence-corrected chi connectivity index (χ0v) is 17.3. The van der Waals surface area contributed by atoms with Crippen molar-refractivity contribution in [3.8, 4) is 0 Å². The fourth-order valence-corrected chi connectivity index (χ4v) is 3.55. The summed E-state index contributed by atoms with van der Waals surface area (Å²) >= 11 is 6.05. The number of amides is 1. The van der Waals surface area contributed by atoms with Gasteiger partial charge in [0.05, 0.1) is 4.90 Å². The molecule has 2 aromatic rings. The normalized spacial score (nSPS) is 12.0. The van der Waals surface area contributed by atoms with Crippen molar-refractivity contribution in [2.75, 3.05) is 13.6 Å². The molecule has 0 spiro atoms. The van der Waals surface area contributed by atoms with E-state index in [-0.39, 0.29) is 16.2 Å². The summed E-state index contributed by atoms with van der Waals surface area (Å²) < 4.78 is 25.7. The predicted molar refractivity (Wildman–Crippen MR) is 108 cm³/mol. The number of aryl methyl sites for hydroxylation is 1. The molecule has 27 heavy (non-hydrogen) atoms. The van der Waals surface area contributed by atoms with Crippen LogP contribution in [0.25, 0.3) is 0 Å². The molecule has 0 aliphatic heterocycles. The number of hydrogen-bond donors (Lipinski definition) is 2. The van der Waals surface area contributed by atoms with E-state index in [2.05, 4.69) is 23.9 Å². The summed E-state index contributed by atoms with van der Waals surface area (Å²) in [6, 6.07) is 14.2. The monoisotopic (exact) mass is 408 g/mol. The Morgan fingerprint density at radius 3 is 2.37 bits per heavy atom. The number of carbonyl (C=O) groups excluding carboxylic acids is 1. The van der Waals surface area contributed by atoms with Gasteiger partial charge in [-0.2, -0.15) is 0 Å². The van der Waals surface area contributed by atoms with Crippen LogP contribution in [0.1, 0.15) is 31.4 Å². The average molecular weight is 409 g/mol. The van der Waals surface area contributed by atoms with Gasteiger partial charge < -0.3 is 5.32 Å². The first-order valence-electron chi connectivity index (χ1n) is 8.69. The third-order valence-electron chi connectivity index (χ3n) is 4.48. The molecule has 0 aromatic heterocycles. The maximum absolute atomic E-state index is 12.2. The van der Waals surface area contributed by atoms with Gasteiger partial charge in [0.1, 0.15) is 0 Å². The van der Waals surface area contributed by atoms with Crippen LogP contribution < -0.4 is 10.0 Å². The summed E-state index contributed by atoms with van der Waals surface area (Å²) in [7, 11) is -2.07. The number of sulfonamides is 1. The molecule has 0 saturated carbocycles. The highest BCUT2D eigenvalue weighted by Crippen LogP contribution is 2.24. The van der Waals surface area contributed by atoms with E-state index in [0.29, 0.717) is 24.4 Å². The van der Waals surface area contributed by atoms with Crippen LogP contribution in [-0.4, -0.2) is 27.9 Å². The highest BCUT2D eigenvalue weighted by Gasteiger charge is 2.21. The molecule has 5 nitrogen and oxygen atoms in total. The number of nitrogens with one attached hydrogen (secondary N) is 2.